The van der Waals surface area contributed by atoms with Crippen molar-refractivity contribution in [2.75, 3.05) is 6.61 Å². The zero-order valence-electron chi connectivity index (χ0n) is 7.04. The Balaban J connectivity index is 2.26. The SMILES string of the molecule is O=C(O)Cc1n[nH]c2c1COCC2. The molecule has 1 aromatic heterocycles. The molecule has 1 aliphatic rings. The number of H-pyrrole nitrogens is 1. The van der Waals surface area contributed by atoms with E-state index >= 15 is 0 Å². The summed E-state index contributed by atoms with van der Waals surface area (Å²) in [4.78, 5) is 10.5. The Labute approximate surface area is 74.7 Å². The Morgan fingerprint density at radius 1 is 1.69 bits per heavy atom. The zero-order valence-corrected chi connectivity index (χ0v) is 7.04. The molecule has 0 amide bonds. The summed E-state index contributed by atoms with van der Waals surface area (Å²) in [6.07, 6.45) is 0.761. The van der Waals surface area contributed by atoms with Gasteiger partial charge in [0.2, 0.25) is 0 Å². The Morgan fingerprint density at radius 2 is 2.54 bits per heavy atom. The Kier molecular flexibility index (Phi) is 2.02. The van der Waals surface area contributed by atoms with E-state index in [0.717, 1.165) is 17.7 Å². The highest BCUT2D eigenvalue weighted by Gasteiger charge is 2.18. The van der Waals surface area contributed by atoms with Gasteiger partial charge in [-0.3, -0.25) is 9.89 Å². The smallest absolute Gasteiger partial charge is 0.309 e. The number of aromatic nitrogens is 2. The molecule has 70 valence electrons. The molecule has 0 spiro atoms. The van der Waals surface area contributed by atoms with Crippen LogP contribution in [0.2, 0.25) is 0 Å². The van der Waals surface area contributed by atoms with Gasteiger partial charge in [-0.15, -0.1) is 0 Å². The number of rotatable bonds is 2. The Morgan fingerprint density at radius 3 is 3.31 bits per heavy atom. The lowest BCUT2D eigenvalue weighted by molar-refractivity contribution is -0.136. The molecule has 2 heterocycles. The minimum absolute atomic E-state index is 0.0325. The van der Waals surface area contributed by atoms with E-state index in [1.807, 2.05) is 0 Å². The number of aliphatic carboxylic acids is 1. The summed E-state index contributed by atoms with van der Waals surface area (Å²) >= 11 is 0. The average molecular weight is 182 g/mol. The van der Waals surface area contributed by atoms with Gasteiger partial charge >= 0.3 is 5.97 Å². The van der Waals surface area contributed by atoms with E-state index in [1.54, 1.807) is 0 Å². The molecule has 2 N–H and O–H groups in total. The molecule has 0 saturated heterocycles. The summed E-state index contributed by atoms with van der Waals surface area (Å²) in [6.45, 7) is 1.16. The molecule has 0 atom stereocenters. The molecule has 0 bridgehead atoms. The van der Waals surface area contributed by atoms with E-state index in [4.69, 9.17) is 9.84 Å². The molecule has 0 fully saturated rings. The molecule has 5 nitrogen and oxygen atoms in total. The van der Waals surface area contributed by atoms with E-state index < -0.39 is 5.97 Å². The highest BCUT2D eigenvalue weighted by molar-refractivity contribution is 5.70. The van der Waals surface area contributed by atoms with Gasteiger partial charge in [-0.1, -0.05) is 0 Å². The molecule has 1 aliphatic heterocycles. The highest BCUT2D eigenvalue weighted by Crippen LogP contribution is 2.18. The van der Waals surface area contributed by atoms with Crippen molar-refractivity contribution in [1.29, 1.82) is 0 Å². The lowest BCUT2D eigenvalue weighted by atomic mass is 10.1. The Hall–Kier alpha value is -1.36. The summed E-state index contributed by atoms with van der Waals surface area (Å²) in [5.41, 5.74) is 2.54. The van der Waals surface area contributed by atoms with Crippen LogP contribution in [-0.2, 0) is 29.0 Å². The van der Waals surface area contributed by atoms with E-state index in [9.17, 15) is 4.79 Å². The second-order valence-electron chi connectivity index (χ2n) is 3.00. The molecule has 1 aromatic rings. The summed E-state index contributed by atoms with van der Waals surface area (Å²) in [6, 6.07) is 0. The number of carboxylic acid groups (broad SMARTS) is 1. The van der Waals surface area contributed by atoms with E-state index in [0.29, 0.717) is 18.9 Å². The Bertz CT molecular complexity index is 332. The molecule has 0 saturated carbocycles. The minimum atomic E-state index is -0.861. The molecule has 13 heavy (non-hydrogen) atoms. The van der Waals surface area contributed by atoms with Crippen LogP contribution in [0.1, 0.15) is 17.0 Å². The van der Waals surface area contributed by atoms with Crippen LogP contribution in [0, 0.1) is 0 Å². The number of aromatic amines is 1. The van der Waals surface area contributed by atoms with Gasteiger partial charge in [0, 0.05) is 17.7 Å². The van der Waals surface area contributed by atoms with Crippen molar-refractivity contribution in [3.8, 4) is 0 Å². The fourth-order valence-electron chi connectivity index (χ4n) is 1.46. The molecule has 0 aliphatic carbocycles. The first kappa shape index (κ1) is 8.25. The average Bonchev–Trinajstić information content (AvgIpc) is 2.48. The van der Waals surface area contributed by atoms with Crippen molar-refractivity contribution in [3.63, 3.8) is 0 Å². The predicted molar refractivity (Wildman–Crippen MR) is 43.3 cm³/mol. The number of hydrogen-bond donors (Lipinski definition) is 2. The maximum absolute atomic E-state index is 10.5. The number of carbonyl (C=O) groups is 1. The fraction of sp³-hybridized carbons (Fsp3) is 0.500. The second kappa shape index (κ2) is 3.18. The van der Waals surface area contributed by atoms with Crippen LogP contribution >= 0.6 is 0 Å². The van der Waals surface area contributed by atoms with Gasteiger partial charge in [0.1, 0.15) is 0 Å². The van der Waals surface area contributed by atoms with Crippen LogP contribution in [0.4, 0.5) is 0 Å². The predicted octanol–water partition coefficient (Wildman–Crippen LogP) is 0.109. The van der Waals surface area contributed by atoms with Crippen molar-refractivity contribution in [1.82, 2.24) is 10.2 Å². The van der Waals surface area contributed by atoms with Gasteiger partial charge in [-0.2, -0.15) is 5.10 Å². The summed E-state index contributed by atoms with van der Waals surface area (Å²) < 4.78 is 5.22. The lowest BCUT2D eigenvalue weighted by Gasteiger charge is -2.11. The van der Waals surface area contributed by atoms with Crippen molar-refractivity contribution in [3.05, 3.63) is 17.0 Å². The van der Waals surface area contributed by atoms with Gasteiger partial charge < -0.3 is 9.84 Å². The van der Waals surface area contributed by atoms with Crippen molar-refractivity contribution in [2.45, 2.75) is 19.4 Å². The van der Waals surface area contributed by atoms with Crippen LogP contribution in [0.3, 0.4) is 0 Å². The first-order valence-corrected chi connectivity index (χ1v) is 4.12. The van der Waals surface area contributed by atoms with Gasteiger partial charge in [0.05, 0.1) is 25.3 Å². The number of hydrogen-bond acceptors (Lipinski definition) is 3. The first-order valence-electron chi connectivity index (χ1n) is 4.12. The van der Waals surface area contributed by atoms with Crippen molar-refractivity contribution >= 4 is 5.97 Å². The third kappa shape index (κ3) is 1.55. The van der Waals surface area contributed by atoms with E-state index in [2.05, 4.69) is 10.2 Å². The standard InChI is InChI=1S/C8H10N2O3/c11-8(12)3-7-5-4-13-2-1-6(5)9-10-7/h1-4H2,(H,9,10)(H,11,12). The minimum Gasteiger partial charge on any atom is -0.481 e. The third-order valence-electron chi connectivity index (χ3n) is 2.10. The molecule has 5 heteroatoms. The maximum Gasteiger partial charge on any atom is 0.309 e. The van der Waals surface area contributed by atoms with Gasteiger partial charge in [-0.25, -0.2) is 0 Å². The monoisotopic (exact) mass is 182 g/mol. The molecule has 0 radical (unpaired) electrons. The van der Waals surface area contributed by atoms with E-state index in [1.165, 1.54) is 0 Å². The van der Waals surface area contributed by atoms with Crippen molar-refractivity contribution < 1.29 is 14.6 Å². The molecule has 0 aromatic carbocycles. The topological polar surface area (TPSA) is 75.2 Å². The third-order valence-corrected chi connectivity index (χ3v) is 2.10. The number of carboxylic acids is 1. The van der Waals surface area contributed by atoms with Gasteiger partial charge in [0.25, 0.3) is 0 Å². The van der Waals surface area contributed by atoms with Crippen LogP contribution < -0.4 is 0 Å². The number of ether oxygens (including phenoxy) is 1. The molecular formula is C8H10N2O3. The van der Waals surface area contributed by atoms with E-state index in [-0.39, 0.29) is 6.42 Å². The summed E-state index contributed by atoms with van der Waals surface area (Å²) in [5, 5.41) is 15.4. The maximum atomic E-state index is 10.5. The van der Waals surface area contributed by atoms with Crippen LogP contribution in [0.5, 0.6) is 0 Å². The van der Waals surface area contributed by atoms with Crippen LogP contribution in [-0.4, -0.2) is 27.9 Å². The molecule has 0 unspecified atom stereocenters. The largest absolute Gasteiger partial charge is 0.481 e. The second-order valence-corrected chi connectivity index (χ2v) is 3.00. The number of nitrogens with one attached hydrogen (secondary N) is 1. The highest BCUT2D eigenvalue weighted by atomic mass is 16.5. The lowest BCUT2D eigenvalue weighted by Crippen LogP contribution is -2.11. The normalized spacial score (nSPS) is 15.4. The summed E-state index contributed by atoms with van der Waals surface area (Å²) in [5.74, 6) is -0.861. The van der Waals surface area contributed by atoms with Crippen molar-refractivity contribution in [2.24, 2.45) is 0 Å². The number of nitrogens with zero attached hydrogens (tertiary/aromatic N) is 1. The molecule has 2 rings (SSSR count). The molecular weight excluding hydrogens is 172 g/mol. The van der Waals surface area contributed by atoms with Gasteiger partial charge in [0.15, 0.2) is 0 Å². The first-order chi connectivity index (χ1) is 6.27. The van der Waals surface area contributed by atoms with Crippen LogP contribution in [0.25, 0.3) is 0 Å². The van der Waals surface area contributed by atoms with Gasteiger partial charge in [-0.05, 0) is 0 Å². The zero-order chi connectivity index (χ0) is 9.26. The summed E-state index contributed by atoms with van der Waals surface area (Å²) in [7, 11) is 0. The number of fused-ring (bicyclic) bond motifs is 1. The quantitative estimate of drug-likeness (QED) is 0.680. The fourth-order valence-corrected chi connectivity index (χ4v) is 1.46. The van der Waals surface area contributed by atoms with Crippen LogP contribution in [0.15, 0.2) is 0 Å².